The Balaban J connectivity index is 2.82. The Morgan fingerprint density at radius 3 is 2.81 bits per heavy atom. The van der Waals surface area contributed by atoms with Crippen LogP contribution in [0.1, 0.15) is 31.9 Å². The number of halogens is 1. The molecule has 0 aliphatic rings. The van der Waals surface area contributed by atoms with Crippen LogP contribution in [0.25, 0.3) is 0 Å². The zero-order valence-corrected chi connectivity index (χ0v) is 10.4. The molecular formula is C13H17ClO2. The second-order valence-corrected chi connectivity index (χ2v) is 4.19. The summed E-state index contributed by atoms with van der Waals surface area (Å²) in [5, 5.41) is 10.2. The van der Waals surface area contributed by atoms with Crippen molar-refractivity contribution in [1.29, 1.82) is 0 Å². The minimum absolute atomic E-state index is 0.470. The van der Waals surface area contributed by atoms with E-state index >= 15 is 0 Å². The summed E-state index contributed by atoms with van der Waals surface area (Å²) in [6.07, 6.45) is 0.293. The second-order valence-electron chi connectivity index (χ2n) is 3.75. The third kappa shape index (κ3) is 3.54. The number of hydrogen-bond donors (Lipinski definition) is 1. The molecule has 0 spiro atoms. The van der Waals surface area contributed by atoms with Crippen molar-refractivity contribution in [3.63, 3.8) is 0 Å². The lowest BCUT2D eigenvalue weighted by molar-refractivity contribution is 0.192. The molecule has 1 unspecified atom stereocenters. The molecule has 1 rings (SSSR count). The van der Waals surface area contributed by atoms with Gasteiger partial charge in [-0.05, 0) is 37.1 Å². The highest BCUT2D eigenvalue weighted by Gasteiger charge is 2.10. The molecule has 0 amide bonds. The summed E-state index contributed by atoms with van der Waals surface area (Å²) < 4.78 is 5.59. The molecule has 0 bridgehead atoms. The van der Waals surface area contributed by atoms with Gasteiger partial charge in [-0.2, -0.15) is 0 Å². The topological polar surface area (TPSA) is 29.5 Å². The maximum absolute atomic E-state index is 9.59. The Morgan fingerprint density at radius 2 is 2.25 bits per heavy atom. The monoisotopic (exact) mass is 240 g/mol. The van der Waals surface area contributed by atoms with Crippen molar-refractivity contribution in [2.45, 2.75) is 26.4 Å². The summed E-state index contributed by atoms with van der Waals surface area (Å²) in [4.78, 5) is 0. The van der Waals surface area contributed by atoms with Crippen molar-refractivity contribution in [3.05, 3.63) is 40.9 Å². The number of benzene rings is 1. The average Bonchev–Trinajstić information content (AvgIpc) is 2.26. The quantitative estimate of drug-likeness (QED) is 0.795. The molecule has 0 aliphatic heterocycles. The Labute approximate surface area is 102 Å². The lowest BCUT2D eigenvalue weighted by Gasteiger charge is -2.14. The van der Waals surface area contributed by atoms with Crippen molar-refractivity contribution in [1.82, 2.24) is 0 Å². The first-order valence-electron chi connectivity index (χ1n) is 5.31. The zero-order valence-electron chi connectivity index (χ0n) is 9.66. The van der Waals surface area contributed by atoms with Crippen LogP contribution in [-0.4, -0.2) is 11.7 Å². The minimum Gasteiger partial charge on any atom is -0.489 e. The summed E-state index contributed by atoms with van der Waals surface area (Å²) in [7, 11) is 0. The van der Waals surface area contributed by atoms with E-state index in [4.69, 9.17) is 16.3 Å². The number of aliphatic hydroxyl groups is 1. The van der Waals surface area contributed by atoms with Crippen LogP contribution in [-0.2, 0) is 0 Å². The van der Waals surface area contributed by atoms with Crippen LogP contribution in [0.4, 0.5) is 0 Å². The molecule has 0 saturated carbocycles. The van der Waals surface area contributed by atoms with Gasteiger partial charge in [-0.1, -0.05) is 25.1 Å². The molecule has 16 heavy (non-hydrogen) atoms. The van der Waals surface area contributed by atoms with Crippen molar-refractivity contribution in [2.75, 3.05) is 6.61 Å². The summed E-state index contributed by atoms with van der Waals surface area (Å²) >= 11 is 5.87. The van der Waals surface area contributed by atoms with Crippen molar-refractivity contribution < 1.29 is 9.84 Å². The van der Waals surface area contributed by atoms with E-state index in [-0.39, 0.29) is 0 Å². The van der Waals surface area contributed by atoms with Crippen LogP contribution >= 0.6 is 11.6 Å². The van der Waals surface area contributed by atoms with Crippen LogP contribution in [0.3, 0.4) is 0 Å². The number of rotatable bonds is 5. The molecule has 0 radical (unpaired) electrons. The predicted octanol–water partition coefficient (Wildman–Crippen LogP) is 3.74. The summed E-state index contributed by atoms with van der Waals surface area (Å²) in [6.45, 7) is 8.06. The number of aliphatic hydroxyl groups excluding tert-OH is 1. The highest BCUT2D eigenvalue weighted by Crippen LogP contribution is 2.28. The zero-order chi connectivity index (χ0) is 12.1. The molecule has 88 valence electrons. The molecule has 3 heteroatoms. The van der Waals surface area contributed by atoms with E-state index in [1.807, 2.05) is 6.92 Å². The van der Waals surface area contributed by atoms with E-state index in [1.54, 1.807) is 25.1 Å². The van der Waals surface area contributed by atoms with Crippen LogP contribution in [0, 0.1) is 0 Å². The fourth-order valence-electron chi connectivity index (χ4n) is 1.26. The maximum Gasteiger partial charge on any atom is 0.125 e. The smallest absolute Gasteiger partial charge is 0.125 e. The molecule has 0 fully saturated rings. The highest BCUT2D eigenvalue weighted by molar-refractivity contribution is 6.30. The Bertz CT molecular complexity index is 372. The first kappa shape index (κ1) is 13.1. The van der Waals surface area contributed by atoms with Gasteiger partial charge in [0.1, 0.15) is 12.4 Å². The molecule has 1 aromatic rings. The lowest BCUT2D eigenvalue weighted by Crippen LogP contribution is -2.03. The first-order valence-corrected chi connectivity index (χ1v) is 5.69. The fraction of sp³-hybridized carbons (Fsp3) is 0.385. The van der Waals surface area contributed by atoms with Gasteiger partial charge >= 0.3 is 0 Å². The molecule has 0 heterocycles. The highest BCUT2D eigenvalue weighted by atomic mass is 35.5. The van der Waals surface area contributed by atoms with Crippen molar-refractivity contribution >= 4 is 11.6 Å². The average molecular weight is 241 g/mol. The van der Waals surface area contributed by atoms with E-state index in [1.165, 1.54) is 0 Å². The van der Waals surface area contributed by atoms with Gasteiger partial charge in [0.2, 0.25) is 0 Å². The molecule has 2 nitrogen and oxygen atoms in total. The summed E-state index contributed by atoms with van der Waals surface area (Å²) in [5.41, 5.74) is 1.72. The van der Waals surface area contributed by atoms with E-state index in [0.717, 1.165) is 12.0 Å². The minimum atomic E-state index is -0.594. The fourth-order valence-corrected chi connectivity index (χ4v) is 1.44. The van der Waals surface area contributed by atoms with E-state index in [9.17, 15) is 5.11 Å². The van der Waals surface area contributed by atoms with E-state index < -0.39 is 6.10 Å². The normalized spacial score (nSPS) is 12.2. The van der Waals surface area contributed by atoms with Gasteiger partial charge in [0, 0.05) is 10.6 Å². The van der Waals surface area contributed by atoms with E-state index in [2.05, 4.69) is 6.58 Å². The lowest BCUT2D eigenvalue weighted by atomic mass is 10.1. The largest absolute Gasteiger partial charge is 0.489 e. The number of ether oxygens (including phenoxy) is 1. The van der Waals surface area contributed by atoms with Gasteiger partial charge in [0.05, 0.1) is 6.10 Å². The number of hydrogen-bond acceptors (Lipinski definition) is 2. The van der Waals surface area contributed by atoms with Gasteiger partial charge < -0.3 is 9.84 Å². The van der Waals surface area contributed by atoms with Crippen molar-refractivity contribution in [2.24, 2.45) is 0 Å². The molecule has 0 aliphatic carbocycles. The van der Waals surface area contributed by atoms with Gasteiger partial charge in [-0.15, -0.1) is 0 Å². The molecule has 1 N–H and O–H groups in total. The van der Waals surface area contributed by atoms with E-state index in [0.29, 0.717) is 22.9 Å². The Hall–Kier alpha value is -0.990. The molecule has 1 atom stereocenters. The van der Waals surface area contributed by atoms with Gasteiger partial charge in [-0.3, -0.25) is 0 Å². The SMILES string of the molecule is C=C(CC)COc1ccc(Cl)cc1C(C)O. The Morgan fingerprint density at radius 1 is 1.56 bits per heavy atom. The summed E-state index contributed by atoms with van der Waals surface area (Å²) in [6, 6.07) is 5.24. The standard InChI is InChI=1S/C13H17ClO2/c1-4-9(2)8-16-13-6-5-11(14)7-12(13)10(3)15/h5-7,10,15H,2,4,8H2,1,3H3. The predicted molar refractivity (Wildman–Crippen MR) is 67.0 cm³/mol. The van der Waals surface area contributed by atoms with Gasteiger partial charge in [-0.25, -0.2) is 0 Å². The first-order chi connectivity index (χ1) is 7.54. The third-order valence-corrected chi connectivity index (χ3v) is 2.59. The summed E-state index contributed by atoms with van der Waals surface area (Å²) in [5.74, 6) is 0.661. The van der Waals surface area contributed by atoms with Gasteiger partial charge in [0.15, 0.2) is 0 Å². The molecule has 0 saturated heterocycles. The van der Waals surface area contributed by atoms with Crippen molar-refractivity contribution in [3.8, 4) is 5.75 Å². The third-order valence-electron chi connectivity index (χ3n) is 2.35. The molecule has 0 aromatic heterocycles. The van der Waals surface area contributed by atoms with Crippen LogP contribution in [0.5, 0.6) is 5.75 Å². The van der Waals surface area contributed by atoms with Crippen LogP contribution < -0.4 is 4.74 Å². The Kier molecular flexibility index (Phi) is 4.84. The van der Waals surface area contributed by atoms with Crippen LogP contribution in [0.2, 0.25) is 5.02 Å². The maximum atomic E-state index is 9.59. The molecule has 1 aromatic carbocycles. The molecular weight excluding hydrogens is 224 g/mol. The van der Waals surface area contributed by atoms with Gasteiger partial charge in [0.25, 0.3) is 0 Å². The second kappa shape index (κ2) is 5.92. The van der Waals surface area contributed by atoms with Crippen LogP contribution in [0.15, 0.2) is 30.4 Å².